The average molecular weight is 234 g/mol. The van der Waals surface area contributed by atoms with Gasteiger partial charge in [0.2, 0.25) is 0 Å². The summed E-state index contributed by atoms with van der Waals surface area (Å²) in [6, 6.07) is 8.80. The molecule has 16 heavy (non-hydrogen) atoms. The van der Waals surface area contributed by atoms with Crippen LogP contribution in [-0.4, -0.2) is 23.6 Å². The van der Waals surface area contributed by atoms with Crippen molar-refractivity contribution in [3.8, 4) is 0 Å². The summed E-state index contributed by atoms with van der Waals surface area (Å²) >= 11 is 1.55. The Balaban J connectivity index is 1.75. The molecule has 1 N–H and O–H groups in total. The standard InChI is InChI=1S/C12H14N2OS/c1-15-9-6-8(7-9)13-12-10-4-2-3-5-11(10)14-16-12/h2-5,8-9,13H,6-7H2,1H3. The first-order valence-corrected chi connectivity index (χ1v) is 6.28. The van der Waals surface area contributed by atoms with E-state index in [1.54, 1.807) is 18.6 Å². The van der Waals surface area contributed by atoms with Crippen LogP contribution in [0.25, 0.3) is 10.9 Å². The van der Waals surface area contributed by atoms with Gasteiger partial charge in [-0.25, -0.2) is 0 Å². The molecule has 1 fully saturated rings. The van der Waals surface area contributed by atoms with Gasteiger partial charge >= 0.3 is 0 Å². The molecule has 4 heteroatoms. The first-order chi connectivity index (χ1) is 7.86. The van der Waals surface area contributed by atoms with Crippen LogP contribution in [0.1, 0.15) is 12.8 Å². The Labute approximate surface area is 98.6 Å². The molecule has 1 aliphatic rings. The first kappa shape index (κ1) is 10.1. The Morgan fingerprint density at radius 3 is 3.00 bits per heavy atom. The van der Waals surface area contributed by atoms with Crippen molar-refractivity contribution in [2.24, 2.45) is 0 Å². The number of nitrogens with one attached hydrogen (secondary N) is 1. The van der Waals surface area contributed by atoms with E-state index in [0.717, 1.165) is 18.4 Å². The zero-order valence-electron chi connectivity index (χ0n) is 9.14. The zero-order chi connectivity index (χ0) is 11.0. The molecule has 0 bridgehead atoms. The summed E-state index contributed by atoms with van der Waals surface area (Å²) in [4.78, 5) is 0. The SMILES string of the molecule is COC1CC(Nc2snc3ccccc23)C1. The molecule has 1 saturated carbocycles. The quantitative estimate of drug-likeness (QED) is 0.886. The smallest absolute Gasteiger partial charge is 0.117 e. The molecule has 0 saturated heterocycles. The normalized spacial score (nSPS) is 24.3. The number of rotatable bonds is 3. The van der Waals surface area contributed by atoms with Crippen molar-refractivity contribution in [2.45, 2.75) is 25.0 Å². The van der Waals surface area contributed by atoms with Crippen molar-refractivity contribution in [3.63, 3.8) is 0 Å². The third-order valence-electron chi connectivity index (χ3n) is 3.15. The summed E-state index contributed by atoms with van der Waals surface area (Å²) < 4.78 is 9.69. The van der Waals surface area contributed by atoms with Crippen LogP contribution >= 0.6 is 11.5 Å². The van der Waals surface area contributed by atoms with E-state index in [1.807, 2.05) is 6.07 Å². The van der Waals surface area contributed by atoms with Crippen LogP contribution < -0.4 is 5.32 Å². The lowest BCUT2D eigenvalue weighted by molar-refractivity contribution is 0.0330. The van der Waals surface area contributed by atoms with E-state index in [0.29, 0.717) is 12.1 Å². The average Bonchev–Trinajstić information content (AvgIpc) is 2.66. The summed E-state index contributed by atoms with van der Waals surface area (Å²) in [7, 11) is 1.78. The second kappa shape index (κ2) is 4.03. The van der Waals surface area contributed by atoms with Gasteiger partial charge in [-0.3, -0.25) is 0 Å². The molecule has 3 rings (SSSR count). The van der Waals surface area contributed by atoms with Crippen molar-refractivity contribution in [1.29, 1.82) is 0 Å². The fourth-order valence-electron chi connectivity index (χ4n) is 2.05. The van der Waals surface area contributed by atoms with Gasteiger partial charge in [-0.1, -0.05) is 12.1 Å². The molecule has 84 valence electrons. The van der Waals surface area contributed by atoms with Gasteiger partial charge in [-0.05, 0) is 36.5 Å². The van der Waals surface area contributed by atoms with E-state index in [4.69, 9.17) is 4.74 Å². The maximum Gasteiger partial charge on any atom is 0.117 e. The van der Waals surface area contributed by atoms with Gasteiger partial charge in [0, 0.05) is 18.5 Å². The highest BCUT2D eigenvalue weighted by Gasteiger charge is 2.29. The Hall–Kier alpha value is -1.13. The van der Waals surface area contributed by atoms with E-state index in [-0.39, 0.29) is 0 Å². The lowest BCUT2D eigenvalue weighted by Gasteiger charge is -2.34. The lowest BCUT2D eigenvalue weighted by Crippen LogP contribution is -2.40. The van der Waals surface area contributed by atoms with E-state index < -0.39 is 0 Å². The number of benzene rings is 1. The Kier molecular flexibility index (Phi) is 2.53. The minimum atomic E-state index is 0.441. The number of hydrogen-bond acceptors (Lipinski definition) is 4. The highest BCUT2D eigenvalue weighted by Crippen LogP contribution is 2.32. The molecule has 0 unspecified atom stereocenters. The monoisotopic (exact) mass is 234 g/mol. The van der Waals surface area contributed by atoms with Crippen molar-refractivity contribution >= 4 is 27.4 Å². The van der Waals surface area contributed by atoms with Crippen molar-refractivity contribution in [2.75, 3.05) is 12.4 Å². The molecule has 0 amide bonds. The Morgan fingerprint density at radius 2 is 2.19 bits per heavy atom. The predicted molar refractivity (Wildman–Crippen MR) is 67.1 cm³/mol. The van der Waals surface area contributed by atoms with Crippen LogP contribution in [0.5, 0.6) is 0 Å². The molecule has 0 atom stereocenters. The summed E-state index contributed by atoms with van der Waals surface area (Å²) in [6.45, 7) is 0. The Bertz CT molecular complexity index is 490. The van der Waals surface area contributed by atoms with Gasteiger partial charge in [0.1, 0.15) is 5.00 Å². The van der Waals surface area contributed by atoms with Gasteiger partial charge in [-0.15, -0.1) is 0 Å². The summed E-state index contributed by atoms with van der Waals surface area (Å²) in [5, 5.41) is 5.96. The van der Waals surface area contributed by atoms with Crippen LogP contribution in [0.15, 0.2) is 24.3 Å². The molecular formula is C12H14N2OS. The number of nitrogens with zero attached hydrogens (tertiary/aromatic N) is 1. The number of aromatic nitrogens is 1. The third kappa shape index (κ3) is 1.68. The fraction of sp³-hybridized carbons (Fsp3) is 0.417. The van der Waals surface area contributed by atoms with Crippen molar-refractivity contribution in [3.05, 3.63) is 24.3 Å². The van der Waals surface area contributed by atoms with Crippen LogP contribution in [0, 0.1) is 0 Å². The number of ether oxygens (including phenoxy) is 1. The largest absolute Gasteiger partial charge is 0.381 e. The maximum atomic E-state index is 5.27. The number of fused-ring (bicyclic) bond motifs is 1. The van der Waals surface area contributed by atoms with Gasteiger partial charge in [-0.2, -0.15) is 4.37 Å². The third-order valence-corrected chi connectivity index (χ3v) is 3.96. The number of methoxy groups -OCH3 is 1. The van der Waals surface area contributed by atoms with Crippen molar-refractivity contribution < 1.29 is 4.74 Å². The summed E-state index contributed by atoms with van der Waals surface area (Å²) in [5.74, 6) is 0. The van der Waals surface area contributed by atoms with Gasteiger partial charge in [0.25, 0.3) is 0 Å². The molecule has 0 spiro atoms. The van der Waals surface area contributed by atoms with Gasteiger partial charge in [0.05, 0.1) is 11.6 Å². The molecule has 0 radical (unpaired) electrons. The number of anilines is 1. The molecule has 1 aliphatic carbocycles. The molecule has 3 nitrogen and oxygen atoms in total. The topological polar surface area (TPSA) is 34.1 Å². The summed E-state index contributed by atoms with van der Waals surface area (Å²) in [6.07, 6.45) is 2.64. The minimum absolute atomic E-state index is 0.441. The number of hydrogen-bond donors (Lipinski definition) is 1. The van der Waals surface area contributed by atoms with E-state index in [9.17, 15) is 0 Å². The second-order valence-electron chi connectivity index (χ2n) is 4.20. The van der Waals surface area contributed by atoms with Gasteiger partial charge < -0.3 is 10.1 Å². The van der Waals surface area contributed by atoms with Crippen molar-refractivity contribution in [1.82, 2.24) is 4.37 Å². The fourth-order valence-corrected chi connectivity index (χ4v) is 2.89. The molecular weight excluding hydrogens is 220 g/mol. The molecule has 1 heterocycles. The van der Waals surface area contributed by atoms with E-state index in [2.05, 4.69) is 27.9 Å². The molecule has 1 aromatic heterocycles. The molecule has 2 aromatic rings. The van der Waals surface area contributed by atoms with Crippen LogP contribution in [0.4, 0.5) is 5.00 Å². The molecule has 0 aliphatic heterocycles. The highest BCUT2D eigenvalue weighted by molar-refractivity contribution is 7.11. The van der Waals surface area contributed by atoms with Crippen LogP contribution in [0.3, 0.4) is 0 Å². The van der Waals surface area contributed by atoms with Gasteiger partial charge in [0.15, 0.2) is 0 Å². The van der Waals surface area contributed by atoms with E-state index in [1.165, 1.54) is 10.4 Å². The van der Waals surface area contributed by atoms with E-state index >= 15 is 0 Å². The summed E-state index contributed by atoms with van der Waals surface area (Å²) in [5.41, 5.74) is 1.08. The lowest BCUT2D eigenvalue weighted by atomic mass is 9.89. The predicted octanol–water partition coefficient (Wildman–Crippen LogP) is 2.89. The Morgan fingerprint density at radius 1 is 1.38 bits per heavy atom. The first-order valence-electron chi connectivity index (χ1n) is 5.50. The molecule has 1 aromatic carbocycles. The highest BCUT2D eigenvalue weighted by atomic mass is 32.1. The van der Waals surface area contributed by atoms with Crippen LogP contribution in [0.2, 0.25) is 0 Å². The van der Waals surface area contributed by atoms with Crippen LogP contribution in [-0.2, 0) is 4.74 Å². The maximum absolute atomic E-state index is 5.27. The zero-order valence-corrected chi connectivity index (χ0v) is 9.96. The minimum Gasteiger partial charge on any atom is -0.381 e. The second-order valence-corrected chi connectivity index (χ2v) is 4.97.